The van der Waals surface area contributed by atoms with E-state index in [1.165, 1.54) is 25.3 Å². The van der Waals surface area contributed by atoms with Crippen molar-refractivity contribution >= 4 is 15.9 Å². The highest BCUT2D eigenvalue weighted by Gasteiger charge is 2.16. The summed E-state index contributed by atoms with van der Waals surface area (Å²) in [6.07, 6.45) is 0. The maximum atomic E-state index is 11.6. The fourth-order valence-corrected chi connectivity index (χ4v) is 2.28. The van der Waals surface area contributed by atoms with Gasteiger partial charge in [-0.15, -0.1) is 0 Å². The van der Waals surface area contributed by atoms with Crippen LogP contribution >= 0.6 is 0 Å². The number of methoxy groups -OCH3 is 1. The molecule has 0 unspecified atom stereocenters. The van der Waals surface area contributed by atoms with Crippen LogP contribution in [0.4, 0.5) is 0 Å². The van der Waals surface area contributed by atoms with E-state index in [4.69, 9.17) is 9.88 Å². The molecule has 0 radical (unpaired) electrons. The summed E-state index contributed by atoms with van der Waals surface area (Å²) in [5, 5.41) is 7.70. The summed E-state index contributed by atoms with van der Waals surface area (Å²) in [6, 6.07) is 4.32. The maximum Gasteiger partial charge on any atom is 0.251 e. The third-order valence-corrected chi connectivity index (χ3v) is 3.27. The summed E-state index contributed by atoms with van der Waals surface area (Å²) in [5.41, 5.74) is 0.675. The lowest BCUT2D eigenvalue weighted by molar-refractivity contribution is 0.0955. The van der Waals surface area contributed by atoms with Crippen molar-refractivity contribution in [2.24, 2.45) is 5.14 Å². The fourth-order valence-electron chi connectivity index (χ4n) is 1.50. The molecule has 100 valence electrons. The van der Waals surface area contributed by atoms with Gasteiger partial charge < -0.3 is 10.1 Å². The van der Waals surface area contributed by atoms with Gasteiger partial charge in [-0.25, -0.2) is 13.6 Å². The second-order valence-electron chi connectivity index (χ2n) is 3.66. The van der Waals surface area contributed by atoms with Crippen LogP contribution < -0.4 is 10.5 Å². The minimum atomic E-state index is -3.89. The number of carbonyl (C=O) groups excluding carboxylic acids is 1. The van der Waals surface area contributed by atoms with Crippen LogP contribution in [0, 0.1) is 0 Å². The Kier molecular flexibility index (Phi) is 4.83. The van der Waals surface area contributed by atoms with Gasteiger partial charge in [0.1, 0.15) is 0 Å². The number of amides is 1. The van der Waals surface area contributed by atoms with Crippen molar-refractivity contribution in [3.8, 4) is 0 Å². The molecule has 1 aromatic carbocycles. The lowest BCUT2D eigenvalue weighted by Crippen LogP contribution is -2.23. The average molecular weight is 272 g/mol. The van der Waals surface area contributed by atoms with E-state index in [-0.39, 0.29) is 23.0 Å². The van der Waals surface area contributed by atoms with Crippen LogP contribution in [0.25, 0.3) is 0 Å². The second-order valence-corrected chi connectivity index (χ2v) is 5.19. The molecule has 7 heteroatoms. The van der Waals surface area contributed by atoms with Crippen molar-refractivity contribution in [3.63, 3.8) is 0 Å². The van der Waals surface area contributed by atoms with E-state index in [2.05, 4.69) is 5.32 Å². The van der Waals surface area contributed by atoms with Crippen LogP contribution in [-0.2, 0) is 21.4 Å². The van der Waals surface area contributed by atoms with Crippen LogP contribution in [0.15, 0.2) is 23.1 Å². The first kappa shape index (κ1) is 14.6. The van der Waals surface area contributed by atoms with E-state index in [1.807, 2.05) is 0 Å². The molecule has 0 spiro atoms. The largest absolute Gasteiger partial charge is 0.380 e. The molecular weight excluding hydrogens is 256 g/mol. The zero-order chi connectivity index (χ0) is 13.8. The minimum Gasteiger partial charge on any atom is -0.380 e. The van der Waals surface area contributed by atoms with E-state index in [1.54, 1.807) is 6.92 Å². The first-order chi connectivity index (χ1) is 8.40. The number of rotatable bonds is 5. The Morgan fingerprint density at radius 1 is 1.44 bits per heavy atom. The predicted octanol–water partition coefficient (Wildman–Crippen LogP) is 0.230. The standard InChI is InChI=1S/C11H16N2O4S/c1-3-13-11(14)8-4-5-9(7-17-2)10(6-8)18(12,15)16/h4-6H,3,7H2,1-2H3,(H,13,14)(H2,12,15,16). The van der Waals surface area contributed by atoms with E-state index in [0.717, 1.165) is 0 Å². The maximum absolute atomic E-state index is 11.6. The molecule has 0 saturated carbocycles. The van der Waals surface area contributed by atoms with Crippen LogP contribution in [0.2, 0.25) is 0 Å². The van der Waals surface area contributed by atoms with Crippen molar-refractivity contribution in [2.45, 2.75) is 18.4 Å². The zero-order valence-electron chi connectivity index (χ0n) is 10.3. The smallest absolute Gasteiger partial charge is 0.251 e. The second kappa shape index (κ2) is 5.94. The number of ether oxygens (including phenoxy) is 1. The fraction of sp³-hybridized carbons (Fsp3) is 0.364. The van der Waals surface area contributed by atoms with E-state index < -0.39 is 10.0 Å². The third kappa shape index (κ3) is 3.52. The molecule has 0 heterocycles. The third-order valence-electron chi connectivity index (χ3n) is 2.27. The Hall–Kier alpha value is -1.44. The first-order valence-corrected chi connectivity index (χ1v) is 6.87. The minimum absolute atomic E-state index is 0.0897. The Labute approximate surface area is 106 Å². The molecule has 6 nitrogen and oxygen atoms in total. The van der Waals surface area contributed by atoms with E-state index in [0.29, 0.717) is 12.1 Å². The SMILES string of the molecule is CCNC(=O)c1ccc(COC)c(S(N)(=O)=O)c1. The van der Waals surface area contributed by atoms with E-state index >= 15 is 0 Å². The Bertz CT molecular complexity index is 540. The van der Waals surface area contributed by atoms with Gasteiger partial charge in [-0.2, -0.15) is 0 Å². The lowest BCUT2D eigenvalue weighted by atomic mass is 10.1. The van der Waals surface area contributed by atoms with Gasteiger partial charge in [-0.05, 0) is 24.6 Å². The quantitative estimate of drug-likeness (QED) is 0.801. The number of primary sulfonamides is 1. The number of carbonyl (C=O) groups is 1. The molecule has 0 fully saturated rings. The molecular formula is C11H16N2O4S. The van der Waals surface area contributed by atoms with Gasteiger partial charge in [-0.1, -0.05) is 6.07 Å². The number of nitrogens with two attached hydrogens (primary N) is 1. The summed E-state index contributed by atoms with van der Waals surface area (Å²) in [5.74, 6) is -0.341. The molecule has 3 N–H and O–H groups in total. The first-order valence-electron chi connectivity index (χ1n) is 5.33. The summed E-state index contributed by atoms with van der Waals surface area (Å²) in [4.78, 5) is 11.5. The molecule has 0 atom stereocenters. The summed E-state index contributed by atoms with van der Waals surface area (Å²) in [7, 11) is -2.44. The topological polar surface area (TPSA) is 98.5 Å². The number of sulfonamides is 1. The highest BCUT2D eigenvalue weighted by Crippen LogP contribution is 2.17. The highest BCUT2D eigenvalue weighted by molar-refractivity contribution is 7.89. The predicted molar refractivity (Wildman–Crippen MR) is 66.5 cm³/mol. The number of hydrogen-bond donors (Lipinski definition) is 2. The number of benzene rings is 1. The summed E-state index contributed by atoms with van der Waals surface area (Å²) < 4.78 is 27.8. The van der Waals surface area contributed by atoms with Crippen LogP contribution in [0.1, 0.15) is 22.8 Å². The summed E-state index contributed by atoms with van der Waals surface area (Å²) >= 11 is 0. The van der Waals surface area contributed by atoms with Gasteiger partial charge in [0, 0.05) is 19.2 Å². The molecule has 0 saturated heterocycles. The van der Waals surface area contributed by atoms with Crippen molar-refractivity contribution in [1.29, 1.82) is 0 Å². The molecule has 0 aliphatic rings. The Balaban J connectivity index is 3.26. The van der Waals surface area contributed by atoms with Gasteiger partial charge in [0.25, 0.3) is 5.91 Å². The van der Waals surface area contributed by atoms with Gasteiger partial charge in [-0.3, -0.25) is 4.79 Å². The lowest BCUT2D eigenvalue weighted by Gasteiger charge is -2.09. The molecule has 18 heavy (non-hydrogen) atoms. The normalized spacial score (nSPS) is 11.3. The Morgan fingerprint density at radius 3 is 2.61 bits per heavy atom. The van der Waals surface area contributed by atoms with Crippen LogP contribution in [0.5, 0.6) is 0 Å². The zero-order valence-corrected chi connectivity index (χ0v) is 11.1. The molecule has 1 amide bonds. The van der Waals surface area contributed by atoms with E-state index in [9.17, 15) is 13.2 Å². The van der Waals surface area contributed by atoms with Crippen molar-refractivity contribution < 1.29 is 17.9 Å². The molecule has 0 aromatic heterocycles. The van der Waals surface area contributed by atoms with Gasteiger partial charge in [0.2, 0.25) is 10.0 Å². The monoisotopic (exact) mass is 272 g/mol. The van der Waals surface area contributed by atoms with Gasteiger partial charge in [0.15, 0.2) is 0 Å². The highest BCUT2D eigenvalue weighted by atomic mass is 32.2. The van der Waals surface area contributed by atoms with Crippen molar-refractivity contribution in [3.05, 3.63) is 29.3 Å². The molecule has 1 aromatic rings. The number of hydrogen-bond acceptors (Lipinski definition) is 4. The molecule has 0 aliphatic heterocycles. The molecule has 0 aliphatic carbocycles. The Morgan fingerprint density at radius 2 is 2.11 bits per heavy atom. The van der Waals surface area contributed by atoms with Crippen LogP contribution in [-0.4, -0.2) is 28.0 Å². The molecule has 1 rings (SSSR count). The number of nitrogens with one attached hydrogen (secondary N) is 1. The average Bonchev–Trinajstić information content (AvgIpc) is 2.28. The summed E-state index contributed by atoms with van der Waals surface area (Å²) in [6.45, 7) is 2.35. The van der Waals surface area contributed by atoms with Crippen molar-refractivity contribution in [1.82, 2.24) is 5.32 Å². The van der Waals surface area contributed by atoms with Crippen molar-refractivity contribution in [2.75, 3.05) is 13.7 Å². The van der Waals surface area contributed by atoms with Gasteiger partial charge in [0.05, 0.1) is 11.5 Å². The molecule has 0 bridgehead atoms. The van der Waals surface area contributed by atoms with Crippen LogP contribution in [0.3, 0.4) is 0 Å². The van der Waals surface area contributed by atoms with Gasteiger partial charge >= 0.3 is 0 Å².